The summed E-state index contributed by atoms with van der Waals surface area (Å²) < 4.78 is 106. The van der Waals surface area contributed by atoms with Crippen molar-refractivity contribution in [2.24, 2.45) is 0 Å². The van der Waals surface area contributed by atoms with E-state index in [1.54, 1.807) is 54.7 Å². The number of carbonyl (C=O) groups is 3. The number of hydrogen-bond donors (Lipinski definition) is 2. The lowest BCUT2D eigenvalue weighted by Crippen LogP contribution is -2.44. The zero-order valence-electron chi connectivity index (χ0n) is 21.3. The molecule has 19 heteroatoms. The van der Waals surface area contributed by atoms with Gasteiger partial charge in [0.25, 0.3) is 0 Å². The van der Waals surface area contributed by atoms with Crippen molar-refractivity contribution in [1.29, 1.82) is 0 Å². The van der Waals surface area contributed by atoms with E-state index in [1.807, 2.05) is 0 Å². The van der Waals surface area contributed by atoms with Crippen molar-refractivity contribution in [3.8, 4) is 11.3 Å². The van der Waals surface area contributed by atoms with Crippen molar-refractivity contribution in [3.05, 3.63) is 89.6 Å². The smallest absolute Gasteiger partial charge is 0.430 e. The van der Waals surface area contributed by atoms with Gasteiger partial charge in [-0.25, -0.2) is 9.97 Å². The van der Waals surface area contributed by atoms with E-state index in [-0.39, 0.29) is 11.5 Å². The summed E-state index contributed by atoms with van der Waals surface area (Å²) >= 11 is 6.07. The van der Waals surface area contributed by atoms with Crippen LogP contribution in [0.25, 0.3) is 16.8 Å². The number of carboxylic acids is 2. The first kappa shape index (κ1) is 35.3. The Morgan fingerprint density at radius 3 is 1.89 bits per heavy atom. The van der Waals surface area contributed by atoms with Gasteiger partial charge in [0.1, 0.15) is 11.9 Å². The van der Waals surface area contributed by atoms with Gasteiger partial charge in [-0.1, -0.05) is 35.9 Å². The van der Waals surface area contributed by atoms with Gasteiger partial charge in [0, 0.05) is 22.7 Å². The molecule has 236 valence electrons. The second-order valence-corrected chi connectivity index (χ2v) is 8.59. The predicted molar refractivity (Wildman–Crippen MR) is 126 cm³/mol. The zero-order chi connectivity index (χ0) is 33.5. The Bertz CT molecular complexity index is 1580. The monoisotopic (exact) mass is 658 g/mol. The molecule has 0 spiro atoms. The number of fused-ring (bicyclic) bond motifs is 1. The largest absolute Gasteiger partial charge is 0.542 e. The summed E-state index contributed by atoms with van der Waals surface area (Å²) in [4.78, 5) is 36.0. The maximum atomic E-state index is 13.6. The third kappa shape index (κ3) is 9.85. The SMILES string of the molecule is O=C(NC(c1cccc[nH+]1)C(F)(F)F)c1[nH]c(-c2cccc(Cl)c2)c2cccc[n+]12.O=C([O-])C(F)(F)F.O=C([O-])C(F)(F)F. The van der Waals surface area contributed by atoms with Crippen LogP contribution < -0.4 is 24.9 Å². The molecule has 0 bridgehead atoms. The van der Waals surface area contributed by atoms with Crippen LogP contribution in [0.1, 0.15) is 22.4 Å². The van der Waals surface area contributed by atoms with Gasteiger partial charge in [0.05, 0.1) is 6.20 Å². The lowest BCUT2D eigenvalue weighted by atomic mass is 10.1. The van der Waals surface area contributed by atoms with Crippen LogP contribution in [-0.2, 0) is 9.59 Å². The van der Waals surface area contributed by atoms with E-state index < -0.39 is 42.4 Å². The molecule has 0 fully saturated rings. The second kappa shape index (κ2) is 14.1. The highest BCUT2D eigenvalue weighted by Gasteiger charge is 2.46. The predicted octanol–water partition coefficient (Wildman–Crippen LogP) is 2.52. The summed E-state index contributed by atoms with van der Waals surface area (Å²) in [5.74, 6) is -6.95. The molecule has 1 amide bonds. The molecular weight excluding hydrogens is 643 g/mol. The minimum absolute atomic E-state index is 0.0363. The lowest BCUT2D eigenvalue weighted by Gasteiger charge is -2.17. The van der Waals surface area contributed by atoms with Gasteiger partial charge in [-0.2, -0.15) is 43.9 Å². The van der Waals surface area contributed by atoms with Gasteiger partial charge in [-0.3, -0.25) is 4.79 Å². The standard InChI is InChI=1S/C21H14ClF3N4O.2C2HF3O2/c22-14-7-5-6-13(12-14)17-16-9-2-4-11-29(16)19(27-17)20(30)28-18(21(23,24)25)15-8-1-3-10-26-15;2*3-2(4,5)1(6)7/h1-12,18H,(H,28,30);2*(H,6,7). The number of imidazole rings is 1. The van der Waals surface area contributed by atoms with Gasteiger partial charge in [-0.15, -0.1) is 0 Å². The summed E-state index contributed by atoms with van der Waals surface area (Å²) in [6.45, 7) is 0. The van der Waals surface area contributed by atoms with E-state index in [2.05, 4.69) is 15.3 Å². The summed E-state index contributed by atoms with van der Waals surface area (Å²) in [6.07, 6.45) is -12.1. The van der Waals surface area contributed by atoms with Crippen molar-refractivity contribution in [1.82, 2.24) is 10.3 Å². The number of aliphatic carboxylic acids is 2. The minimum Gasteiger partial charge on any atom is -0.542 e. The van der Waals surface area contributed by atoms with Crippen molar-refractivity contribution in [3.63, 3.8) is 0 Å². The molecule has 0 radical (unpaired) electrons. The number of nitrogens with one attached hydrogen (secondary N) is 3. The Hall–Kier alpha value is -4.87. The number of benzene rings is 1. The fourth-order valence-electron chi connectivity index (χ4n) is 3.24. The van der Waals surface area contributed by atoms with E-state index in [1.165, 1.54) is 22.7 Å². The number of pyridine rings is 2. The van der Waals surface area contributed by atoms with Gasteiger partial charge in [0.15, 0.2) is 17.4 Å². The number of rotatable bonds is 4. The van der Waals surface area contributed by atoms with Gasteiger partial charge in [-0.05, 0) is 24.3 Å². The van der Waals surface area contributed by atoms with Crippen LogP contribution in [0.5, 0.6) is 0 Å². The van der Waals surface area contributed by atoms with E-state index in [0.29, 0.717) is 21.8 Å². The molecule has 1 unspecified atom stereocenters. The fraction of sp³-hybridized carbons (Fsp3) is 0.160. The molecule has 0 saturated carbocycles. The van der Waals surface area contributed by atoms with Crippen molar-refractivity contribution < 1.29 is 73.5 Å². The van der Waals surface area contributed by atoms with Crippen LogP contribution in [0.2, 0.25) is 5.02 Å². The van der Waals surface area contributed by atoms with E-state index in [0.717, 1.165) is 0 Å². The number of aromatic amines is 2. The summed E-state index contributed by atoms with van der Waals surface area (Å²) in [5.41, 5.74) is 1.72. The van der Waals surface area contributed by atoms with E-state index in [9.17, 15) is 44.3 Å². The third-order valence-corrected chi connectivity index (χ3v) is 5.27. The van der Waals surface area contributed by atoms with E-state index >= 15 is 0 Å². The summed E-state index contributed by atoms with van der Waals surface area (Å²) in [6, 6.07) is 14.3. The summed E-state index contributed by atoms with van der Waals surface area (Å²) in [5, 5.41) is 20.2. The molecule has 4 rings (SSSR count). The van der Waals surface area contributed by atoms with Gasteiger partial charge in [0.2, 0.25) is 11.7 Å². The number of amides is 1. The first-order valence-electron chi connectivity index (χ1n) is 11.4. The Labute approximate surface area is 244 Å². The number of nitrogens with zero attached hydrogens (tertiary/aromatic N) is 1. The molecule has 44 heavy (non-hydrogen) atoms. The number of aromatic nitrogens is 3. The van der Waals surface area contributed by atoms with Crippen LogP contribution in [0, 0.1) is 0 Å². The van der Waals surface area contributed by atoms with Crippen LogP contribution in [0.4, 0.5) is 39.5 Å². The number of H-pyrrole nitrogens is 2. The molecular formula is C25H16ClF9N4O5. The highest BCUT2D eigenvalue weighted by Crippen LogP contribution is 2.31. The third-order valence-electron chi connectivity index (χ3n) is 5.04. The van der Waals surface area contributed by atoms with Crippen LogP contribution >= 0.6 is 11.6 Å². The summed E-state index contributed by atoms with van der Waals surface area (Å²) in [7, 11) is 0. The molecule has 0 aliphatic heterocycles. The minimum atomic E-state index is -5.19. The van der Waals surface area contributed by atoms with Gasteiger partial charge < -0.3 is 25.1 Å². The van der Waals surface area contributed by atoms with Gasteiger partial charge >= 0.3 is 30.3 Å². The molecule has 9 nitrogen and oxygen atoms in total. The lowest BCUT2D eigenvalue weighted by molar-refractivity contribution is -0.514. The highest BCUT2D eigenvalue weighted by atomic mass is 35.5. The number of carbonyl (C=O) groups excluding carboxylic acids is 3. The molecule has 3 heterocycles. The number of halogens is 10. The molecule has 0 aliphatic rings. The van der Waals surface area contributed by atoms with Crippen LogP contribution in [0.15, 0.2) is 73.1 Å². The van der Waals surface area contributed by atoms with E-state index in [4.69, 9.17) is 31.4 Å². The molecule has 4 aromatic rings. The number of hydrogen-bond acceptors (Lipinski definition) is 5. The topological polar surface area (TPSA) is 143 Å². The van der Waals surface area contributed by atoms with Crippen molar-refractivity contribution >= 4 is 35.0 Å². The highest BCUT2D eigenvalue weighted by molar-refractivity contribution is 6.30. The molecule has 1 aromatic carbocycles. The average molecular weight is 659 g/mol. The molecule has 0 saturated heterocycles. The molecule has 1 atom stereocenters. The first-order chi connectivity index (χ1) is 20.2. The maximum Gasteiger partial charge on any atom is 0.430 e. The first-order valence-corrected chi connectivity index (χ1v) is 11.8. The quantitative estimate of drug-likeness (QED) is 0.256. The normalized spacial score (nSPS) is 12.2. The Balaban J connectivity index is 0.000000402. The second-order valence-electron chi connectivity index (χ2n) is 8.15. The van der Waals surface area contributed by atoms with Crippen LogP contribution in [0.3, 0.4) is 0 Å². The molecule has 3 N–H and O–H groups in total. The molecule has 0 aliphatic carbocycles. The Morgan fingerprint density at radius 1 is 0.841 bits per heavy atom. The van der Waals surface area contributed by atoms with Crippen molar-refractivity contribution in [2.45, 2.75) is 24.6 Å². The fourth-order valence-corrected chi connectivity index (χ4v) is 3.43. The average Bonchev–Trinajstić information content (AvgIpc) is 3.31. The number of alkyl halides is 9. The van der Waals surface area contributed by atoms with Crippen molar-refractivity contribution in [2.75, 3.05) is 0 Å². The number of carboxylic acid groups (broad SMARTS) is 2. The zero-order valence-corrected chi connectivity index (χ0v) is 22.0. The maximum absolute atomic E-state index is 13.6. The Morgan fingerprint density at radius 2 is 1.41 bits per heavy atom. The molecule has 3 aromatic heterocycles. The Kier molecular flexibility index (Phi) is 11.3. The van der Waals surface area contributed by atoms with Crippen LogP contribution in [-0.4, -0.2) is 41.4 Å².